The Bertz CT molecular complexity index is 213. The number of hydrogen-bond donors (Lipinski definition) is 1. The normalized spacial score (nSPS) is 22.2. The second-order valence-electron chi connectivity index (χ2n) is 1.84. The first kappa shape index (κ1) is 4.67. The topological polar surface area (TPSA) is 49.1 Å². The molecule has 2 rings (SSSR count). The van der Waals surface area contributed by atoms with Crippen molar-refractivity contribution in [3.63, 3.8) is 0 Å². The molecule has 0 atom stereocenters. The van der Waals surface area contributed by atoms with Crippen LogP contribution in [0.15, 0.2) is 15.0 Å². The third-order valence-corrected chi connectivity index (χ3v) is 1.26. The summed E-state index contributed by atoms with van der Waals surface area (Å²) in [6.45, 7) is 1.20. The first-order chi connectivity index (χ1) is 4.47. The molecule has 2 aliphatic rings. The van der Waals surface area contributed by atoms with Gasteiger partial charge in [0.1, 0.15) is 19.0 Å². The highest BCUT2D eigenvalue weighted by Crippen LogP contribution is 1.93. The van der Waals surface area contributed by atoms with E-state index < -0.39 is 0 Å². The molecule has 4 heteroatoms. The van der Waals surface area contributed by atoms with E-state index in [2.05, 4.69) is 20.3 Å². The summed E-state index contributed by atoms with van der Waals surface area (Å²) in [6.07, 6.45) is 1.75. The van der Waals surface area contributed by atoms with Crippen LogP contribution in [-0.2, 0) is 0 Å². The van der Waals surface area contributed by atoms with Crippen LogP contribution in [0.25, 0.3) is 0 Å². The molecule has 0 bridgehead atoms. The second kappa shape index (κ2) is 1.65. The molecule has 0 unspecified atom stereocenters. The van der Waals surface area contributed by atoms with E-state index in [0.717, 1.165) is 11.5 Å². The van der Waals surface area contributed by atoms with Gasteiger partial charge in [0.2, 0.25) is 0 Å². The van der Waals surface area contributed by atoms with Gasteiger partial charge in [-0.25, -0.2) is 4.99 Å². The van der Waals surface area contributed by atoms with E-state index in [0.29, 0.717) is 13.3 Å². The highest BCUT2D eigenvalue weighted by atomic mass is 15.2. The molecule has 9 heavy (non-hydrogen) atoms. The van der Waals surface area contributed by atoms with Gasteiger partial charge in [0, 0.05) is 0 Å². The number of fused-ring (bicyclic) bond motifs is 1. The lowest BCUT2D eigenvalue weighted by Crippen LogP contribution is -2.26. The summed E-state index contributed by atoms with van der Waals surface area (Å²) in [5, 5.41) is 3.01. The number of nitrogens with zero attached hydrogens (tertiary/aromatic N) is 3. The zero-order chi connectivity index (χ0) is 6.10. The minimum Gasteiger partial charge on any atom is -0.349 e. The smallest absolute Gasteiger partial charge is 0.151 e. The fraction of sp³-hybridized carbons (Fsp3) is 0.400. The Labute approximate surface area is 52.4 Å². The number of hydrogen-bond acceptors (Lipinski definition) is 4. The van der Waals surface area contributed by atoms with Crippen molar-refractivity contribution in [2.45, 2.75) is 0 Å². The van der Waals surface area contributed by atoms with Crippen molar-refractivity contribution in [1.29, 1.82) is 0 Å². The van der Waals surface area contributed by atoms with Crippen molar-refractivity contribution in [2.24, 2.45) is 15.0 Å². The molecule has 0 spiro atoms. The average molecular weight is 122 g/mol. The minimum atomic E-state index is 0.543. The van der Waals surface area contributed by atoms with Gasteiger partial charge >= 0.3 is 0 Å². The molecule has 1 N–H and O–H groups in total. The predicted octanol–water partition coefficient (Wildman–Crippen LogP) is -0.572. The van der Waals surface area contributed by atoms with Crippen LogP contribution in [0.2, 0.25) is 0 Å². The highest BCUT2D eigenvalue weighted by molar-refractivity contribution is 6.63. The summed E-state index contributed by atoms with van der Waals surface area (Å²) in [5.41, 5.74) is 0.890. The zero-order valence-corrected chi connectivity index (χ0v) is 4.83. The fourth-order valence-corrected chi connectivity index (χ4v) is 0.843. The Morgan fingerprint density at radius 2 is 2.44 bits per heavy atom. The van der Waals surface area contributed by atoms with E-state index in [-0.39, 0.29) is 0 Å². The lowest BCUT2D eigenvalue weighted by molar-refractivity contribution is 0.956. The Hall–Kier alpha value is -1.19. The summed E-state index contributed by atoms with van der Waals surface area (Å²) in [5.74, 6) is 0.894. The number of rotatable bonds is 0. The molecule has 0 saturated carbocycles. The fourth-order valence-electron chi connectivity index (χ4n) is 0.843. The van der Waals surface area contributed by atoms with Gasteiger partial charge in [-0.1, -0.05) is 0 Å². The molecule has 0 saturated heterocycles. The van der Waals surface area contributed by atoms with E-state index in [4.69, 9.17) is 0 Å². The summed E-state index contributed by atoms with van der Waals surface area (Å²) < 4.78 is 0. The first-order valence-electron chi connectivity index (χ1n) is 2.80. The largest absolute Gasteiger partial charge is 0.349 e. The molecule has 0 fully saturated rings. The van der Waals surface area contributed by atoms with Crippen LogP contribution in [0.3, 0.4) is 0 Å². The average Bonchev–Trinajstić information content (AvgIpc) is 2.33. The van der Waals surface area contributed by atoms with Crippen LogP contribution in [0.5, 0.6) is 0 Å². The summed E-state index contributed by atoms with van der Waals surface area (Å²) in [6, 6.07) is 0. The Morgan fingerprint density at radius 1 is 1.44 bits per heavy atom. The van der Waals surface area contributed by atoms with Gasteiger partial charge < -0.3 is 5.32 Å². The van der Waals surface area contributed by atoms with Crippen molar-refractivity contribution < 1.29 is 0 Å². The standard InChI is InChI=1S/C5H6N4/c1-4-5(8-2-6-1)9-3-7-4/h1H,2-3H2,(H,8,9). The van der Waals surface area contributed by atoms with Crippen molar-refractivity contribution in [3.8, 4) is 0 Å². The van der Waals surface area contributed by atoms with Crippen molar-refractivity contribution in [2.75, 3.05) is 13.3 Å². The molecule has 0 aromatic heterocycles. The van der Waals surface area contributed by atoms with Crippen LogP contribution in [0.1, 0.15) is 0 Å². The Balaban J connectivity index is 2.37. The Kier molecular flexibility index (Phi) is 0.855. The third-order valence-electron chi connectivity index (χ3n) is 1.26. The van der Waals surface area contributed by atoms with Crippen molar-refractivity contribution in [1.82, 2.24) is 5.32 Å². The van der Waals surface area contributed by atoms with Crippen LogP contribution in [-0.4, -0.2) is 31.1 Å². The monoisotopic (exact) mass is 122 g/mol. The number of aliphatic imine (C=N–C) groups is 3. The van der Waals surface area contributed by atoms with Gasteiger partial charge in [-0.05, 0) is 0 Å². The number of nitrogens with one attached hydrogen (secondary N) is 1. The van der Waals surface area contributed by atoms with Crippen LogP contribution in [0, 0.1) is 0 Å². The van der Waals surface area contributed by atoms with Crippen LogP contribution < -0.4 is 5.32 Å². The molecular formula is C5H6N4. The molecule has 2 heterocycles. The molecule has 0 aromatic rings. The van der Waals surface area contributed by atoms with Crippen molar-refractivity contribution in [3.05, 3.63) is 0 Å². The lowest BCUT2D eigenvalue weighted by atomic mass is 10.3. The SMILES string of the molecule is C1=NCN=C2NCN=C12. The van der Waals surface area contributed by atoms with Crippen LogP contribution in [0.4, 0.5) is 0 Å². The molecule has 4 nitrogen and oxygen atoms in total. The number of amidine groups is 1. The molecular weight excluding hydrogens is 116 g/mol. The summed E-state index contributed by atoms with van der Waals surface area (Å²) in [4.78, 5) is 12.1. The maximum absolute atomic E-state index is 4.08. The van der Waals surface area contributed by atoms with Crippen LogP contribution >= 0.6 is 0 Å². The predicted molar refractivity (Wildman–Crippen MR) is 36.2 cm³/mol. The second-order valence-corrected chi connectivity index (χ2v) is 1.84. The van der Waals surface area contributed by atoms with Gasteiger partial charge in [-0.3, -0.25) is 9.98 Å². The maximum atomic E-state index is 4.08. The van der Waals surface area contributed by atoms with E-state index in [9.17, 15) is 0 Å². The summed E-state index contributed by atoms with van der Waals surface area (Å²) >= 11 is 0. The molecule has 46 valence electrons. The lowest BCUT2D eigenvalue weighted by Gasteiger charge is -2.00. The third kappa shape index (κ3) is 0.630. The van der Waals surface area contributed by atoms with E-state index in [1.807, 2.05) is 0 Å². The molecule has 0 radical (unpaired) electrons. The molecule has 0 aromatic carbocycles. The summed E-state index contributed by atoms with van der Waals surface area (Å²) in [7, 11) is 0. The van der Waals surface area contributed by atoms with Gasteiger partial charge in [0.15, 0.2) is 5.84 Å². The van der Waals surface area contributed by atoms with Gasteiger partial charge in [0.05, 0.1) is 6.21 Å². The van der Waals surface area contributed by atoms with E-state index in [1.54, 1.807) is 6.21 Å². The Morgan fingerprint density at radius 3 is 3.33 bits per heavy atom. The quantitative estimate of drug-likeness (QED) is 0.459. The molecule has 0 amide bonds. The molecule has 0 aliphatic carbocycles. The van der Waals surface area contributed by atoms with Gasteiger partial charge in [-0.2, -0.15) is 0 Å². The van der Waals surface area contributed by atoms with E-state index >= 15 is 0 Å². The molecule has 2 aliphatic heterocycles. The van der Waals surface area contributed by atoms with Crippen molar-refractivity contribution >= 4 is 17.8 Å². The first-order valence-corrected chi connectivity index (χ1v) is 2.80. The zero-order valence-electron chi connectivity index (χ0n) is 4.83. The van der Waals surface area contributed by atoms with Gasteiger partial charge in [-0.15, -0.1) is 0 Å². The highest BCUT2D eigenvalue weighted by Gasteiger charge is 2.13. The van der Waals surface area contributed by atoms with E-state index in [1.165, 1.54) is 0 Å². The van der Waals surface area contributed by atoms with Gasteiger partial charge in [0.25, 0.3) is 0 Å². The minimum absolute atomic E-state index is 0.543. The maximum Gasteiger partial charge on any atom is 0.151 e.